The van der Waals surface area contributed by atoms with Crippen molar-refractivity contribution >= 4 is 42.1 Å². The topological polar surface area (TPSA) is 105 Å². The molecule has 0 saturated heterocycles. The molecule has 9 heteroatoms. The Morgan fingerprint density at radius 1 is 1.23 bits per heavy atom. The summed E-state index contributed by atoms with van der Waals surface area (Å²) in [5.74, 6) is 0. The van der Waals surface area contributed by atoms with E-state index in [4.69, 9.17) is 20.3 Å². The lowest BCUT2D eigenvalue weighted by Gasteiger charge is -2.09. The van der Waals surface area contributed by atoms with Gasteiger partial charge in [0.1, 0.15) is 4.21 Å². The number of nitrogens with two attached hydrogens (primary N) is 2. The van der Waals surface area contributed by atoms with Crippen LogP contribution in [0, 0.1) is 0 Å². The van der Waals surface area contributed by atoms with E-state index in [1.165, 1.54) is 22.7 Å². The summed E-state index contributed by atoms with van der Waals surface area (Å²) >= 11 is 2.72. The number of rotatable bonds is 9. The van der Waals surface area contributed by atoms with Crippen LogP contribution < -0.4 is 10.9 Å². The van der Waals surface area contributed by atoms with Gasteiger partial charge in [0, 0.05) is 30.0 Å². The van der Waals surface area contributed by atoms with Gasteiger partial charge in [-0.3, -0.25) is 0 Å². The Morgan fingerprint density at radius 3 is 2.64 bits per heavy atom. The summed E-state index contributed by atoms with van der Waals surface area (Å²) in [4.78, 5) is 1.05. The Hall–Kier alpha value is -0.550. The standard InChI is InChI=1S/C13H20N2O4S3/c1-18-5-6-19-4-2-3-10(14)11-7-9-8-12(22(15,16)17)21-13(9)20-11/h7-8,10H,2-6,14H2,1H3,(H2,15,16,17). The molecular weight excluding hydrogens is 344 g/mol. The molecular formula is C13H20N2O4S3. The largest absolute Gasteiger partial charge is 0.382 e. The fourth-order valence-corrected chi connectivity index (χ4v) is 5.35. The second-order valence-electron chi connectivity index (χ2n) is 4.86. The molecule has 2 aromatic heterocycles. The van der Waals surface area contributed by atoms with Crippen LogP contribution >= 0.6 is 22.7 Å². The van der Waals surface area contributed by atoms with Gasteiger partial charge >= 0.3 is 0 Å². The average Bonchev–Trinajstić information content (AvgIpc) is 3.00. The molecule has 0 aromatic carbocycles. The van der Waals surface area contributed by atoms with E-state index in [1.54, 1.807) is 13.2 Å². The molecule has 0 fully saturated rings. The van der Waals surface area contributed by atoms with E-state index in [9.17, 15) is 8.42 Å². The smallest absolute Gasteiger partial charge is 0.247 e. The molecule has 0 radical (unpaired) electrons. The third kappa shape index (κ3) is 4.72. The molecule has 2 heterocycles. The molecule has 4 N–H and O–H groups in total. The van der Waals surface area contributed by atoms with Gasteiger partial charge < -0.3 is 15.2 Å². The zero-order chi connectivity index (χ0) is 16.2. The van der Waals surface area contributed by atoms with Crippen molar-refractivity contribution in [2.45, 2.75) is 23.1 Å². The molecule has 2 rings (SSSR count). The molecule has 1 unspecified atom stereocenters. The number of sulfonamides is 1. The molecule has 0 bridgehead atoms. The Morgan fingerprint density at radius 2 is 2.00 bits per heavy atom. The second-order valence-corrected chi connectivity index (χ2v) is 9.04. The van der Waals surface area contributed by atoms with Crippen LogP contribution in [-0.4, -0.2) is 35.3 Å². The van der Waals surface area contributed by atoms with Crippen molar-refractivity contribution < 1.29 is 17.9 Å². The number of fused-ring (bicyclic) bond motifs is 1. The number of primary sulfonamides is 1. The SMILES string of the molecule is COCCOCCCC(N)c1cc2cc(S(N)(=O)=O)sc2s1. The fraction of sp³-hybridized carbons (Fsp3) is 0.538. The van der Waals surface area contributed by atoms with Crippen LogP contribution in [0.1, 0.15) is 23.8 Å². The van der Waals surface area contributed by atoms with Gasteiger partial charge in [-0.15, -0.1) is 22.7 Å². The third-order valence-corrected chi connectivity index (χ3v) is 7.04. The van der Waals surface area contributed by atoms with Crippen molar-refractivity contribution in [2.75, 3.05) is 26.9 Å². The quantitative estimate of drug-likeness (QED) is 0.663. The molecule has 124 valence electrons. The van der Waals surface area contributed by atoms with E-state index in [1.807, 2.05) is 6.07 Å². The minimum atomic E-state index is -3.63. The third-order valence-electron chi connectivity index (χ3n) is 3.09. The Labute approximate surface area is 138 Å². The maximum absolute atomic E-state index is 11.3. The number of thiophene rings is 2. The van der Waals surface area contributed by atoms with Gasteiger partial charge in [-0.2, -0.15) is 0 Å². The zero-order valence-electron chi connectivity index (χ0n) is 12.3. The molecule has 1 atom stereocenters. The Balaban J connectivity index is 1.89. The van der Waals surface area contributed by atoms with E-state index in [0.29, 0.717) is 19.8 Å². The molecule has 6 nitrogen and oxygen atoms in total. The van der Waals surface area contributed by atoms with Gasteiger partial charge in [-0.1, -0.05) is 0 Å². The van der Waals surface area contributed by atoms with E-state index in [-0.39, 0.29) is 10.3 Å². The lowest BCUT2D eigenvalue weighted by Crippen LogP contribution is -2.10. The minimum Gasteiger partial charge on any atom is -0.382 e. The predicted octanol–water partition coefficient (Wildman–Crippen LogP) is 2.05. The first-order valence-electron chi connectivity index (χ1n) is 6.80. The van der Waals surface area contributed by atoms with Crippen molar-refractivity contribution in [3.63, 3.8) is 0 Å². The summed E-state index contributed by atoms with van der Waals surface area (Å²) in [5.41, 5.74) is 6.17. The highest BCUT2D eigenvalue weighted by molar-refractivity contribution is 7.91. The summed E-state index contributed by atoms with van der Waals surface area (Å²) in [5, 5.41) is 6.02. The van der Waals surface area contributed by atoms with Gasteiger partial charge in [0.15, 0.2) is 0 Å². The Kier molecular flexibility index (Phi) is 6.33. The normalized spacial score (nSPS) is 13.8. The molecule has 22 heavy (non-hydrogen) atoms. The monoisotopic (exact) mass is 364 g/mol. The van der Waals surface area contributed by atoms with Crippen LogP contribution in [0.4, 0.5) is 0 Å². The van der Waals surface area contributed by atoms with E-state index >= 15 is 0 Å². The van der Waals surface area contributed by atoms with Gasteiger partial charge in [0.25, 0.3) is 0 Å². The first-order valence-corrected chi connectivity index (χ1v) is 9.98. The first-order chi connectivity index (χ1) is 10.4. The maximum atomic E-state index is 11.3. The summed E-state index contributed by atoms with van der Waals surface area (Å²) in [6, 6.07) is 3.49. The summed E-state index contributed by atoms with van der Waals surface area (Å²) in [6.07, 6.45) is 1.70. The molecule has 0 aliphatic carbocycles. The number of hydrogen-bond acceptors (Lipinski definition) is 7. The molecule has 0 aliphatic heterocycles. The fourth-order valence-electron chi connectivity index (χ4n) is 1.95. The molecule has 0 aliphatic rings. The lowest BCUT2D eigenvalue weighted by atomic mass is 10.1. The van der Waals surface area contributed by atoms with E-state index in [2.05, 4.69) is 0 Å². The number of methoxy groups -OCH3 is 1. The van der Waals surface area contributed by atoms with Crippen molar-refractivity contribution in [1.29, 1.82) is 0 Å². The molecule has 0 amide bonds. The minimum absolute atomic E-state index is 0.0615. The molecule has 0 saturated carbocycles. The van der Waals surface area contributed by atoms with Gasteiger partial charge in [0.05, 0.1) is 17.2 Å². The maximum Gasteiger partial charge on any atom is 0.247 e. The van der Waals surface area contributed by atoms with Crippen LogP contribution in [0.3, 0.4) is 0 Å². The highest BCUT2D eigenvalue weighted by atomic mass is 32.2. The summed E-state index contributed by atoms with van der Waals surface area (Å²) in [7, 11) is -1.98. The van der Waals surface area contributed by atoms with Crippen LogP contribution in [0.25, 0.3) is 9.40 Å². The van der Waals surface area contributed by atoms with Gasteiger partial charge in [-0.05, 0) is 25.0 Å². The zero-order valence-corrected chi connectivity index (χ0v) is 14.7. The van der Waals surface area contributed by atoms with E-state index in [0.717, 1.165) is 27.1 Å². The lowest BCUT2D eigenvalue weighted by molar-refractivity contribution is 0.0682. The first kappa shape index (κ1) is 17.8. The summed E-state index contributed by atoms with van der Waals surface area (Å²) in [6.45, 7) is 1.85. The molecule has 0 spiro atoms. The second kappa shape index (κ2) is 7.82. The predicted molar refractivity (Wildman–Crippen MR) is 89.9 cm³/mol. The average molecular weight is 365 g/mol. The van der Waals surface area contributed by atoms with Crippen LogP contribution in [0.15, 0.2) is 16.3 Å². The van der Waals surface area contributed by atoms with Crippen molar-refractivity contribution in [3.05, 3.63) is 17.0 Å². The van der Waals surface area contributed by atoms with Gasteiger partial charge in [-0.25, -0.2) is 13.6 Å². The highest BCUT2D eigenvalue weighted by Gasteiger charge is 2.16. The van der Waals surface area contributed by atoms with Crippen molar-refractivity contribution in [3.8, 4) is 0 Å². The number of ether oxygens (including phenoxy) is 2. The van der Waals surface area contributed by atoms with Crippen molar-refractivity contribution in [2.24, 2.45) is 10.9 Å². The van der Waals surface area contributed by atoms with Crippen molar-refractivity contribution in [1.82, 2.24) is 0 Å². The Bertz CT molecular complexity index is 677. The molecule has 2 aromatic rings. The highest BCUT2D eigenvalue weighted by Crippen LogP contribution is 2.37. The van der Waals surface area contributed by atoms with Gasteiger partial charge in [0.2, 0.25) is 10.0 Å². The van der Waals surface area contributed by atoms with E-state index < -0.39 is 10.0 Å². The summed E-state index contributed by atoms with van der Waals surface area (Å²) < 4.78 is 34.1. The van der Waals surface area contributed by atoms with Crippen LogP contribution in [0.2, 0.25) is 0 Å². The van der Waals surface area contributed by atoms with Crippen LogP contribution in [0.5, 0.6) is 0 Å². The number of hydrogen-bond donors (Lipinski definition) is 2. The van der Waals surface area contributed by atoms with Crippen LogP contribution in [-0.2, 0) is 19.5 Å².